The van der Waals surface area contributed by atoms with Crippen molar-refractivity contribution in [3.05, 3.63) is 82.6 Å². The van der Waals surface area contributed by atoms with Gasteiger partial charge in [0.1, 0.15) is 6.04 Å². The summed E-state index contributed by atoms with van der Waals surface area (Å²) in [5.41, 5.74) is 1.02. The lowest BCUT2D eigenvalue weighted by Crippen LogP contribution is -2.32. The zero-order valence-corrected chi connectivity index (χ0v) is 20.1. The fourth-order valence-electron chi connectivity index (χ4n) is 3.16. The zero-order chi connectivity index (χ0) is 24.1. The highest BCUT2D eigenvalue weighted by molar-refractivity contribution is 7.89. The van der Waals surface area contributed by atoms with Gasteiger partial charge >= 0.3 is 0 Å². The molecular weight excluding hydrogens is 474 g/mol. The number of nitrogens with one attached hydrogen (secondary N) is 2. The molecule has 4 rings (SSSR count). The van der Waals surface area contributed by atoms with Gasteiger partial charge in [-0.2, -0.15) is 4.98 Å². The smallest absolute Gasteiger partial charge is 0.251 e. The second-order valence-electron chi connectivity index (χ2n) is 7.82. The van der Waals surface area contributed by atoms with Gasteiger partial charge in [-0.1, -0.05) is 25.1 Å². The Morgan fingerprint density at radius 3 is 2.56 bits per heavy atom. The van der Waals surface area contributed by atoms with Gasteiger partial charge in [0, 0.05) is 34.9 Å². The van der Waals surface area contributed by atoms with Crippen molar-refractivity contribution in [2.75, 3.05) is 0 Å². The van der Waals surface area contributed by atoms with Crippen LogP contribution >= 0.6 is 11.3 Å². The highest BCUT2D eigenvalue weighted by Crippen LogP contribution is 2.24. The highest BCUT2D eigenvalue weighted by atomic mass is 32.2. The Kier molecular flexibility index (Phi) is 7.15. The molecule has 3 heterocycles. The van der Waals surface area contributed by atoms with Crippen LogP contribution in [0, 0.1) is 5.92 Å². The normalized spacial score (nSPS) is 12.6. The van der Waals surface area contributed by atoms with Crippen LogP contribution in [-0.2, 0) is 16.6 Å². The lowest BCUT2D eigenvalue weighted by Gasteiger charge is -2.18. The Morgan fingerprint density at radius 2 is 1.91 bits per heavy atom. The van der Waals surface area contributed by atoms with Crippen molar-refractivity contribution in [3.8, 4) is 11.4 Å². The lowest BCUT2D eigenvalue weighted by molar-refractivity contribution is 0.0914. The maximum absolute atomic E-state index is 12.9. The minimum atomic E-state index is -3.70. The van der Waals surface area contributed by atoms with Crippen LogP contribution in [0.3, 0.4) is 0 Å². The van der Waals surface area contributed by atoms with Crippen molar-refractivity contribution < 1.29 is 17.7 Å². The van der Waals surface area contributed by atoms with E-state index in [1.165, 1.54) is 35.6 Å². The fourth-order valence-corrected chi connectivity index (χ4v) is 4.90. The molecule has 34 heavy (non-hydrogen) atoms. The third-order valence-corrected chi connectivity index (χ3v) is 7.32. The van der Waals surface area contributed by atoms with Crippen molar-refractivity contribution in [1.29, 1.82) is 0 Å². The van der Waals surface area contributed by atoms with E-state index in [0.29, 0.717) is 17.0 Å². The van der Waals surface area contributed by atoms with Gasteiger partial charge in [0.2, 0.25) is 21.7 Å². The Balaban J connectivity index is 1.45. The average molecular weight is 498 g/mol. The summed E-state index contributed by atoms with van der Waals surface area (Å²) in [5.74, 6) is 0.245. The van der Waals surface area contributed by atoms with Crippen molar-refractivity contribution in [1.82, 2.24) is 25.2 Å². The second-order valence-corrected chi connectivity index (χ2v) is 10.6. The molecule has 0 saturated heterocycles. The molecule has 0 aliphatic heterocycles. The van der Waals surface area contributed by atoms with Gasteiger partial charge in [-0.15, -0.1) is 11.3 Å². The van der Waals surface area contributed by atoms with E-state index in [4.69, 9.17) is 4.52 Å². The van der Waals surface area contributed by atoms with Crippen LogP contribution in [0.1, 0.15) is 41.0 Å². The van der Waals surface area contributed by atoms with Crippen LogP contribution in [-0.4, -0.2) is 29.4 Å². The number of hydrogen-bond donors (Lipinski definition) is 2. The summed E-state index contributed by atoms with van der Waals surface area (Å²) >= 11 is 1.47. The molecule has 11 heteroatoms. The molecule has 4 aromatic rings. The number of amides is 1. The van der Waals surface area contributed by atoms with Gasteiger partial charge in [0.15, 0.2) is 0 Å². The summed E-state index contributed by atoms with van der Waals surface area (Å²) in [6, 6.07) is 12.5. The van der Waals surface area contributed by atoms with Crippen LogP contribution in [0.5, 0.6) is 0 Å². The number of benzene rings is 1. The first-order chi connectivity index (χ1) is 16.3. The van der Waals surface area contributed by atoms with Gasteiger partial charge in [0.05, 0.1) is 4.90 Å². The first-order valence-corrected chi connectivity index (χ1v) is 12.9. The summed E-state index contributed by atoms with van der Waals surface area (Å²) < 4.78 is 33.1. The van der Waals surface area contributed by atoms with Crippen molar-refractivity contribution in [3.63, 3.8) is 0 Å². The molecule has 0 aliphatic carbocycles. The minimum absolute atomic E-state index is 0.0350. The molecule has 1 amide bonds. The SMILES string of the molecule is CC(C)C(NC(=O)c1ccc(S(=O)(=O)NCc2cccs2)cc1)c1nc(-c2cccnc2)no1. The average Bonchev–Trinajstić information content (AvgIpc) is 3.54. The Labute approximate surface area is 201 Å². The largest absolute Gasteiger partial charge is 0.340 e. The standard InChI is InChI=1S/C23H23N5O4S2/c1-15(2)20(23-27-21(28-32-23)17-5-3-11-24-13-17)26-22(29)16-7-9-19(10-8-16)34(30,31)25-14-18-6-4-12-33-18/h3-13,15,20,25H,14H2,1-2H3,(H,26,29). The quantitative estimate of drug-likeness (QED) is 0.360. The molecule has 0 saturated carbocycles. The van der Waals surface area contributed by atoms with E-state index in [-0.39, 0.29) is 29.2 Å². The summed E-state index contributed by atoms with van der Waals surface area (Å²) in [6.45, 7) is 4.06. The molecule has 0 bridgehead atoms. The Bertz CT molecular complexity index is 1340. The van der Waals surface area contributed by atoms with Gasteiger partial charge in [-0.3, -0.25) is 9.78 Å². The van der Waals surface area contributed by atoms with Crippen molar-refractivity contribution in [2.24, 2.45) is 5.92 Å². The monoisotopic (exact) mass is 497 g/mol. The molecule has 0 fully saturated rings. The number of pyridine rings is 1. The molecule has 0 aliphatic rings. The first kappa shape index (κ1) is 23.7. The maximum Gasteiger partial charge on any atom is 0.251 e. The second kappa shape index (κ2) is 10.2. The molecule has 1 aromatic carbocycles. The summed E-state index contributed by atoms with van der Waals surface area (Å²) in [4.78, 5) is 22.3. The molecule has 0 radical (unpaired) electrons. The molecule has 2 N–H and O–H groups in total. The Hall–Kier alpha value is -3.41. The van der Waals surface area contributed by atoms with E-state index in [9.17, 15) is 13.2 Å². The number of rotatable bonds is 9. The predicted molar refractivity (Wildman–Crippen MR) is 127 cm³/mol. The fraction of sp³-hybridized carbons (Fsp3) is 0.217. The highest BCUT2D eigenvalue weighted by Gasteiger charge is 2.26. The van der Waals surface area contributed by atoms with E-state index < -0.39 is 16.1 Å². The molecule has 176 valence electrons. The van der Waals surface area contributed by atoms with E-state index >= 15 is 0 Å². The molecular formula is C23H23N5O4S2. The predicted octanol–water partition coefficient (Wildman–Crippen LogP) is 3.80. The summed E-state index contributed by atoms with van der Waals surface area (Å²) in [6.07, 6.45) is 3.28. The van der Waals surface area contributed by atoms with Gasteiger partial charge in [-0.25, -0.2) is 13.1 Å². The lowest BCUT2D eigenvalue weighted by atomic mass is 10.0. The number of thiophene rings is 1. The summed E-state index contributed by atoms with van der Waals surface area (Å²) in [7, 11) is -3.70. The molecule has 1 atom stereocenters. The zero-order valence-electron chi connectivity index (χ0n) is 18.5. The number of carbonyl (C=O) groups excluding carboxylic acids is 1. The van der Waals surface area contributed by atoms with E-state index in [2.05, 4.69) is 25.2 Å². The number of hydrogen-bond acceptors (Lipinski definition) is 8. The minimum Gasteiger partial charge on any atom is -0.340 e. The maximum atomic E-state index is 12.9. The number of aromatic nitrogens is 3. The van der Waals surface area contributed by atoms with Crippen LogP contribution in [0.2, 0.25) is 0 Å². The molecule has 9 nitrogen and oxygen atoms in total. The molecule has 1 unspecified atom stereocenters. The van der Waals surface area contributed by atoms with E-state index in [0.717, 1.165) is 4.88 Å². The third-order valence-electron chi connectivity index (χ3n) is 5.02. The van der Waals surface area contributed by atoms with E-state index in [1.54, 1.807) is 18.5 Å². The van der Waals surface area contributed by atoms with Gasteiger partial charge in [0.25, 0.3) is 5.91 Å². The van der Waals surface area contributed by atoms with Gasteiger partial charge in [-0.05, 0) is 53.8 Å². The molecule has 3 aromatic heterocycles. The topological polar surface area (TPSA) is 127 Å². The number of nitrogens with zero attached hydrogens (tertiary/aromatic N) is 3. The number of carbonyl (C=O) groups is 1. The molecule has 0 spiro atoms. The first-order valence-electron chi connectivity index (χ1n) is 10.5. The van der Waals surface area contributed by atoms with Crippen LogP contribution in [0.4, 0.5) is 0 Å². The van der Waals surface area contributed by atoms with Crippen LogP contribution in [0.15, 0.2) is 75.7 Å². The van der Waals surface area contributed by atoms with Crippen molar-refractivity contribution >= 4 is 27.3 Å². The van der Waals surface area contributed by atoms with E-state index in [1.807, 2.05) is 37.4 Å². The van der Waals surface area contributed by atoms with Crippen LogP contribution in [0.25, 0.3) is 11.4 Å². The third kappa shape index (κ3) is 5.56. The van der Waals surface area contributed by atoms with Gasteiger partial charge < -0.3 is 9.84 Å². The number of sulfonamides is 1. The van der Waals surface area contributed by atoms with Crippen molar-refractivity contribution in [2.45, 2.75) is 31.3 Å². The van der Waals surface area contributed by atoms with Crippen LogP contribution < -0.4 is 10.0 Å². The summed E-state index contributed by atoms with van der Waals surface area (Å²) in [5, 5.41) is 8.78. The Morgan fingerprint density at radius 1 is 1.12 bits per heavy atom.